The van der Waals surface area contributed by atoms with Crippen molar-refractivity contribution in [3.63, 3.8) is 0 Å². The lowest BCUT2D eigenvalue weighted by atomic mass is 10.1. The average molecular weight is 227 g/mol. The van der Waals surface area contributed by atoms with Gasteiger partial charge in [0.1, 0.15) is 0 Å². The molecule has 0 unspecified atom stereocenters. The first-order valence-electron chi connectivity index (χ1n) is 5.11. The van der Waals surface area contributed by atoms with Gasteiger partial charge in [0, 0.05) is 38.6 Å². The van der Waals surface area contributed by atoms with Crippen LogP contribution in [0.2, 0.25) is 0 Å². The number of carboxylic acid groups (broad SMARTS) is 1. The molecular weight excluding hydrogens is 210 g/mol. The van der Waals surface area contributed by atoms with Crippen LogP contribution in [0.3, 0.4) is 0 Å². The highest BCUT2D eigenvalue weighted by atomic mass is 16.5. The van der Waals surface area contributed by atoms with E-state index in [1.54, 1.807) is 13.2 Å². The van der Waals surface area contributed by atoms with Gasteiger partial charge in [0.05, 0.1) is 6.07 Å². The van der Waals surface area contributed by atoms with Crippen molar-refractivity contribution < 1.29 is 19.4 Å². The number of rotatable bonds is 9. The van der Waals surface area contributed by atoms with Crippen LogP contribution in [0.15, 0.2) is 11.6 Å². The number of carbonyl (C=O) groups is 1. The highest BCUT2D eigenvalue weighted by molar-refractivity contribution is 5.87. The molecule has 0 aliphatic rings. The molecule has 0 radical (unpaired) electrons. The summed E-state index contributed by atoms with van der Waals surface area (Å²) >= 11 is 0. The number of ether oxygens (including phenoxy) is 2. The molecule has 0 saturated heterocycles. The lowest BCUT2D eigenvalue weighted by molar-refractivity contribution is -0.132. The van der Waals surface area contributed by atoms with Crippen LogP contribution in [0.25, 0.3) is 0 Å². The number of hydrogen-bond acceptors (Lipinski definition) is 4. The minimum atomic E-state index is -1.04. The van der Waals surface area contributed by atoms with Gasteiger partial charge in [-0.2, -0.15) is 5.26 Å². The summed E-state index contributed by atoms with van der Waals surface area (Å²) < 4.78 is 10.1. The van der Waals surface area contributed by atoms with Gasteiger partial charge >= 0.3 is 5.97 Å². The number of hydrogen-bond donors (Lipinski definition) is 1. The molecule has 0 heterocycles. The van der Waals surface area contributed by atoms with Crippen molar-refractivity contribution in [1.29, 1.82) is 5.26 Å². The Balaban J connectivity index is 3.53. The summed E-state index contributed by atoms with van der Waals surface area (Å²) in [5.74, 6) is -1.04. The molecule has 0 rings (SSSR count). The van der Waals surface area contributed by atoms with Crippen LogP contribution < -0.4 is 0 Å². The lowest BCUT2D eigenvalue weighted by Crippen LogP contribution is -2.04. The molecule has 16 heavy (non-hydrogen) atoms. The molecule has 0 aliphatic carbocycles. The van der Waals surface area contributed by atoms with Gasteiger partial charge in [-0.15, -0.1) is 0 Å². The summed E-state index contributed by atoms with van der Waals surface area (Å²) in [6, 6.07) is 1.72. The van der Waals surface area contributed by atoms with Gasteiger partial charge in [-0.3, -0.25) is 0 Å². The van der Waals surface area contributed by atoms with E-state index in [4.69, 9.17) is 19.8 Å². The summed E-state index contributed by atoms with van der Waals surface area (Å²) in [7, 11) is 1.63. The maximum atomic E-state index is 10.6. The Kier molecular flexibility index (Phi) is 9.27. The smallest absolute Gasteiger partial charge is 0.332 e. The molecule has 0 bridgehead atoms. The first kappa shape index (κ1) is 14.6. The van der Waals surface area contributed by atoms with Crippen LogP contribution in [-0.4, -0.2) is 38.0 Å². The highest BCUT2D eigenvalue weighted by Crippen LogP contribution is 2.05. The predicted octanol–water partition coefficient (Wildman–Crippen LogP) is 1.35. The van der Waals surface area contributed by atoms with Gasteiger partial charge in [0.15, 0.2) is 0 Å². The molecule has 0 aromatic carbocycles. The van der Waals surface area contributed by atoms with Crippen LogP contribution in [0, 0.1) is 11.3 Å². The second kappa shape index (κ2) is 10.1. The van der Waals surface area contributed by atoms with E-state index >= 15 is 0 Å². The van der Waals surface area contributed by atoms with E-state index in [1.807, 2.05) is 0 Å². The van der Waals surface area contributed by atoms with Gasteiger partial charge in [0.25, 0.3) is 0 Å². The third-order valence-electron chi connectivity index (χ3n) is 1.89. The fraction of sp³-hybridized carbons (Fsp3) is 0.636. The number of allylic oxidation sites excluding steroid dienone is 1. The first-order chi connectivity index (χ1) is 7.72. The number of nitriles is 1. The molecule has 0 atom stereocenters. The molecular formula is C11H17NO4. The van der Waals surface area contributed by atoms with Crippen molar-refractivity contribution in [2.75, 3.05) is 26.9 Å². The first-order valence-corrected chi connectivity index (χ1v) is 5.11. The highest BCUT2D eigenvalue weighted by Gasteiger charge is 2.05. The minimum Gasteiger partial charge on any atom is -0.478 e. The second-order valence-electron chi connectivity index (χ2n) is 3.17. The average Bonchev–Trinajstić information content (AvgIpc) is 2.26. The third-order valence-corrected chi connectivity index (χ3v) is 1.89. The molecule has 0 saturated carbocycles. The number of aliphatic carboxylic acids is 1. The van der Waals surface area contributed by atoms with E-state index in [2.05, 4.69) is 0 Å². The zero-order chi connectivity index (χ0) is 12.2. The fourth-order valence-corrected chi connectivity index (χ4v) is 1.09. The summed E-state index contributed by atoms with van der Waals surface area (Å²) in [4.78, 5) is 10.6. The predicted molar refractivity (Wildman–Crippen MR) is 57.9 cm³/mol. The number of nitrogens with zero attached hydrogens (tertiary/aromatic N) is 1. The number of carboxylic acids is 1. The number of methoxy groups -OCH3 is 1. The molecule has 90 valence electrons. The van der Waals surface area contributed by atoms with Crippen LogP contribution in [0.1, 0.15) is 19.3 Å². The Morgan fingerprint density at radius 1 is 1.38 bits per heavy atom. The van der Waals surface area contributed by atoms with Crippen molar-refractivity contribution in [3.8, 4) is 6.07 Å². The normalized spacial score (nSPS) is 11.1. The van der Waals surface area contributed by atoms with Crippen LogP contribution in [0.4, 0.5) is 0 Å². The zero-order valence-corrected chi connectivity index (χ0v) is 9.44. The Labute approximate surface area is 95.3 Å². The Morgan fingerprint density at radius 3 is 2.62 bits per heavy atom. The quantitative estimate of drug-likeness (QED) is 0.365. The van der Waals surface area contributed by atoms with Crippen LogP contribution in [-0.2, 0) is 14.3 Å². The van der Waals surface area contributed by atoms with E-state index in [1.165, 1.54) is 0 Å². The summed E-state index contributed by atoms with van der Waals surface area (Å²) in [6.45, 7) is 1.77. The molecule has 0 fully saturated rings. The largest absolute Gasteiger partial charge is 0.478 e. The molecule has 0 aromatic rings. The van der Waals surface area contributed by atoms with Crippen molar-refractivity contribution in [1.82, 2.24) is 0 Å². The van der Waals surface area contributed by atoms with Crippen LogP contribution in [0.5, 0.6) is 0 Å². The van der Waals surface area contributed by atoms with Gasteiger partial charge in [-0.05, 0) is 19.3 Å². The second-order valence-corrected chi connectivity index (χ2v) is 3.17. The van der Waals surface area contributed by atoms with Crippen molar-refractivity contribution in [2.24, 2.45) is 0 Å². The van der Waals surface area contributed by atoms with Gasteiger partial charge in [-0.25, -0.2) is 4.79 Å². The van der Waals surface area contributed by atoms with E-state index in [9.17, 15) is 4.79 Å². The molecule has 0 aliphatic heterocycles. The van der Waals surface area contributed by atoms with Crippen molar-refractivity contribution in [3.05, 3.63) is 11.6 Å². The minimum absolute atomic E-state index is 0.128. The summed E-state index contributed by atoms with van der Waals surface area (Å²) in [5.41, 5.74) is 0.128. The third kappa shape index (κ3) is 7.97. The monoisotopic (exact) mass is 227 g/mol. The topological polar surface area (TPSA) is 79.5 Å². The maximum absolute atomic E-state index is 10.6. The Morgan fingerprint density at radius 2 is 2.06 bits per heavy atom. The summed E-state index contributed by atoms with van der Waals surface area (Å²) in [5, 5.41) is 17.1. The zero-order valence-electron chi connectivity index (χ0n) is 9.44. The molecule has 5 nitrogen and oxygen atoms in total. The van der Waals surface area contributed by atoms with E-state index in [-0.39, 0.29) is 5.57 Å². The molecule has 0 aromatic heterocycles. The standard InChI is InChI=1S/C11H17NO4/c1-15-7-3-9-16-8-2-4-10(5-6-12)11(13)14/h5H,2-4,7-9H2,1H3,(H,13,14). The molecule has 0 spiro atoms. The van der Waals surface area contributed by atoms with Gasteiger partial charge in [-0.1, -0.05) is 0 Å². The SMILES string of the molecule is COCCCOCCCC(=CC#N)C(=O)O. The van der Waals surface area contributed by atoms with Gasteiger partial charge < -0.3 is 14.6 Å². The Hall–Kier alpha value is -1.38. The van der Waals surface area contributed by atoms with E-state index in [0.717, 1.165) is 12.5 Å². The maximum Gasteiger partial charge on any atom is 0.332 e. The van der Waals surface area contributed by atoms with Gasteiger partial charge in [0.2, 0.25) is 0 Å². The van der Waals surface area contributed by atoms with E-state index in [0.29, 0.717) is 32.7 Å². The van der Waals surface area contributed by atoms with Crippen molar-refractivity contribution in [2.45, 2.75) is 19.3 Å². The lowest BCUT2D eigenvalue weighted by Gasteiger charge is -2.03. The molecule has 5 heteroatoms. The van der Waals surface area contributed by atoms with Crippen molar-refractivity contribution >= 4 is 5.97 Å². The van der Waals surface area contributed by atoms with Crippen LogP contribution >= 0.6 is 0 Å². The van der Waals surface area contributed by atoms with E-state index < -0.39 is 5.97 Å². The fourth-order valence-electron chi connectivity index (χ4n) is 1.09. The Bertz CT molecular complexity index is 268. The molecule has 0 amide bonds. The summed E-state index contributed by atoms with van der Waals surface area (Å²) in [6.07, 6.45) is 2.85. The molecule has 1 N–H and O–H groups in total.